The first-order chi connectivity index (χ1) is 8.96. The molecular formula is C12H17BrClFN2O2S. The van der Waals surface area contributed by atoms with E-state index >= 15 is 0 Å². The maximum atomic E-state index is 13.2. The van der Waals surface area contributed by atoms with Gasteiger partial charge in [-0.05, 0) is 54.0 Å². The number of rotatable bonds is 4. The lowest BCUT2D eigenvalue weighted by Gasteiger charge is -2.24. The molecular weight excluding hydrogens is 371 g/mol. The smallest absolute Gasteiger partial charge is 0.243 e. The van der Waals surface area contributed by atoms with Gasteiger partial charge in [-0.25, -0.2) is 12.8 Å². The number of nitrogens with zero attached hydrogens (tertiary/aromatic N) is 1. The highest BCUT2D eigenvalue weighted by molar-refractivity contribution is 9.10. The van der Waals surface area contributed by atoms with Crippen molar-refractivity contribution in [3.8, 4) is 0 Å². The van der Waals surface area contributed by atoms with Gasteiger partial charge >= 0.3 is 0 Å². The Kier molecular flexibility index (Phi) is 6.40. The van der Waals surface area contributed by atoms with E-state index in [1.807, 2.05) is 0 Å². The number of halogens is 3. The van der Waals surface area contributed by atoms with Crippen molar-refractivity contribution >= 4 is 38.4 Å². The zero-order valence-electron chi connectivity index (χ0n) is 11.0. The molecule has 1 aromatic rings. The number of nitrogens with one attached hydrogen (secondary N) is 1. The van der Waals surface area contributed by atoms with E-state index in [1.165, 1.54) is 22.5 Å². The molecule has 0 aromatic heterocycles. The van der Waals surface area contributed by atoms with Crippen LogP contribution >= 0.6 is 28.3 Å². The fourth-order valence-corrected chi connectivity index (χ4v) is 4.59. The summed E-state index contributed by atoms with van der Waals surface area (Å²) >= 11 is 3.02. The van der Waals surface area contributed by atoms with Gasteiger partial charge in [0.25, 0.3) is 0 Å². The van der Waals surface area contributed by atoms with E-state index in [9.17, 15) is 12.8 Å². The molecule has 4 nitrogen and oxygen atoms in total. The second-order valence-electron chi connectivity index (χ2n) is 4.55. The quantitative estimate of drug-likeness (QED) is 0.863. The van der Waals surface area contributed by atoms with Crippen LogP contribution in [0.3, 0.4) is 0 Å². The van der Waals surface area contributed by atoms with Crippen LogP contribution in [-0.4, -0.2) is 38.9 Å². The van der Waals surface area contributed by atoms with Gasteiger partial charge in [0.1, 0.15) is 5.82 Å². The van der Waals surface area contributed by atoms with Crippen molar-refractivity contribution in [2.24, 2.45) is 0 Å². The molecule has 1 aliphatic heterocycles. The summed E-state index contributed by atoms with van der Waals surface area (Å²) in [6.45, 7) is 1.14. The summed E-state index contributed by atoms with van der Waals surface area (Å²) in [4.78, 5) is 0.128. The topological polar surface area (TPSA) is 49.4 Å². The van der Waals surface area contributed by atoms with Crippen LogP contribution in [0.2, 0.25) is 0 Å². The van der Waals surface area contributed by atoms with E-state index in [4.69, 9.17) is 0 Å². The van der Waals surface area contributed by atoms with Gasteiger partial charge in [0.15, 0.2) is 0 Å². The number of likely N-dealkylation sites (N-methyl/N-ethyl adjacent to an activating group) is 1. The summed E-state index contributed by atoms with van der Waals surface area (Å²) in [5.74, 6) is -0.466. The van der Waals surface area contributed by atoms with Crippen LogP contribution < -0.4 is 5.32 Å². The number of benzene rings is 1. The standard InChI is InChI=1S/C12H16BrFN2O2S.ClH/c1-15-8-9-3-2-6-16(9)19(17,18)10-4-5-12(14)11(13)7-10;/h4-5,7,9,15H,2-3,6,8H2,1H3;1H. The summed E-state index contributed by atoms with van der Waals surface area (Å²) in [5.41, 5.74) is 0. The number of hydrogen-bond donors (Lipinski definition) is 1. The summed E-state index contributed by atoms with van der Waals surface area (Å²) < 4.78 is 39.9. The molecule has 1 aliphatic rings. The van der Waals surface area contributed by atoms with E-state index in [0.717, 1.165) is 12.8 Å². The molecule has 20 heavy (non-hydrogen) atoms. The highest BCUT2D eigenvalue weighted by atomic mass is 79.9. The Balaban J connectivity index is 0.00000200. The predicted octanol–water partition coefficient (Wildman–Crippen LogP) is 2.38. The number of sulfonamides is 1. The average Bonchev–Trinajstić information content (AvgIpc) is 2.82. The first-order valence-electron chi connectivity index (χ1n) is 6.08. The largest absolute Gasteiger partial charge is 0.318 e. The molecule has 0 bridgehead atoms. The van der Waals surface area contributed by atoms with Crippen LogP contribution in [0.4, 0.5) is 4.39 Å². The zero-order valence-corrected chi connectivity index (χ0v) is 14.2. The first kappa shape index (κ1) is 17.8. The molecule has 2 rings (SSSR count). The molecule has 114 valence electrons. The summed E-state index contributed by atoms with van der Waals surface area (Å²) in [5, 5.41) is 3.01. The third-order valence-corrected chi connectivity index (χ3v) is 5.82. The van der Waals surface area contributed by atoms with Gasteiger partial charge in [-0.2, -0.15) is 4.31 Å². The van der Waals surface area contributed by atoms with E-state index in [2.05, 4.69) is 21.2 Å². The van der Waals surface area contributed by atoms with Crippen LogP contribution in [-0.2, 0) is 10.0 Å². The van der Waals surface area contributed by atoms with Crippen molar-refractivity contribution in [1.29, 1.82) is 0 Å². The van der Waals surface area contributed by atoms with Crippen molar-refractivity contribution < 1.29 is 12.8 Å². The number of hydrogen-bond acceptors (Lipinski definition) is 3. The van der Waals surface area contributed by atoms with Crippen molar-refractivity contribution in [3.63, 3.8) is 0 Å². The Morgan fingerprint density at radius 3 is 2.80 bits per heavy atom. The molecule has 0 saturated carbocycles. The lowest BCUT2D eigenvalue weighted by atomic mass is 10.2. The molecule has 0 spiro atoms. The maximum absolute atomic E-state index is 13.2. The first-order valence-corrected chi connectivity index (χ1v) is 8.31. The van der Waals surface area contributed by atoms with E-state index in [0.29, 0.717) is 13.1 Å². The second-order valence-corrected chi connectivity index (χ2v) is 7.29. The Morgan fingerprint density at radius 2 is 2.20 bits per heavy atom. The third kappa shape index (κ3) is 3.51. The molecule has 1 aromatic carbocycles. The molecule has 8 heteroatoms. The zero-order chi connectivity index (χ0) is 14.0. The lowest BCUT2D eigenvalue weighted by molar-refractivity contribution is 0.379. The van der Waals surface area contributed by atoms with Gasteiger partial charge in [0, 0.05) is 19.1 Å². The summed E-state index contributed by atoms with van der Waals surface area (Å²) in [7, 11) is -1.75. The summed E-state index contributed by atoms with van der Waals surface area (Å²) in [6, 6.07) is 3.77. The van der Waals surface area contributed by atoms with Gasteiger partial charge in [0.2, 0.25) is 10.0 Å². The fourth-order valence-electron chi connectivity index (χ4n) is 2.34. The predicted molar refractivity (Wildman–Crippen MR) is 82.2 cm³/mol. The Bertz CT molecular complexity index is 571. The molecule has 1 saturated heterocycles. The average molecular weight is 388 g/mol. The van der Waals surface area contributed by atoms with Crippen molar-refractivity contribution in [3.05, 3.63) is 28.5 Å². The Morgan fingerprint density at radius 1 is 1.50 bits per heavy atom. The van der Waals surface area contributed by atoms with Gasteiger partial charge in [-0.3, -0.25) is 0 Å². The third-order valence-electron chi connectivity index (χ3n) is 3.26. The molecule has 1 atom stereocenters. The molecule has 0 aliphatic carbocycles. The van der Waals surface area contributed by atoms with Gasteiger partial charge in [0.05, 0.1) is 9.37 Å². The molecule has 1 fully saturated rings. The molecule has 1 heterocycles. The fraction of sp³-hybridized carbons (Fsp3) is 0.500. The van der Waals surface area contributed by atoms with Crippen LogP contribution in [0.15, 0.2) is 27.6 Å². The van der Waals surface area contributed by atoms with Crippen molar-refractivity contribution in [1.82, 2.24) is 9.62 Å². The molecule has 1 unspecified atom stereocenters. The maximum Gasteiger partial charge on any atom is 0.243 e. The molecule has 1 N–H and O–H groups in total. The van der Waals surface area contributed by atoms with Crippen LogP contribution in [0.25, 0.3) is 0 Å². The SMILES string of the molecule is CNCC1CCCN1S(=O)(=O)c1ccc(F)c(Br)c1.Cl. The minimum absolute atomic E-state index is 0. The van der Waals surface area contributed by atoms with E-state index in [1.54, 1.807) is 7.05 Å². The molecule has 0 amide bonds. The highest BCUT2D eigenvalue weighted by Gasteiger charge is 2.34. The lowest BCUT2D eigenvalue weighted by Crippen LogP contribution is -2.40. The van der Waals surface area contributed by atoms with Crippen molar-refractivity contribution in [2.45, 2.75) is 23.8 Å². The van der Waals surface area contributed by atoms with Crippen LogP contribution in [0, 0.1) is 5.82 Å². The molecule has 0 radical (unpaired) electrons. The summed E-state index contributed by atoms with van der Waals surface area (Å²) in [6.07, 6.45) is 1.70. The Hall–Kier alpha value is -0.210. The van der Waals surface area contributed by atoms with Crippen LogP contribution in [0.5, 0.6) is 0 Å². The van der Waals surface area contributed by atoms with Crippen LogP contribution in [0.1, 0.15) is 12.8 Å². The van der Waals surface area contributed by atoms with E-state index < -0.39 is 15.8 Å². The van der Waals surface area contributed by atoms with Crippen molar-refractivity contribution in [2.75, 3.05) is 20.1 Å². The minimum Gasteiger partial charge on any atom is -0.318 e. The Labute approximate surface area is 133 Å². The van der Waals surface area contributed by atoms with Gasteiger partial charge in [-0.15, -0.1) is 12.4 Å². The normalized spacial score (nSPS) is 19.9. The van der Waals surface area contributed by atoms with Gasteiger partial charge < -0.3 is 5.32 Å². The van der Waals surface area contributed by atoms with E-state index in [-0.39, 0.29) is 27.8 Å². The monoisotopic (exact) mass is 386 g/mol. The second kappa shape index (κ2) is 7.17. The minimum atomic E-state index is -3.55. The van der Waals surface area contributed by atoms with Gasteiger partial charge in [-0.1, -0.05) is 0 Å². The highest BCUT2D eigenvalue weighted by Crippen LogP contribution is 2.28.